The van der Waals surface area contributed by atoms with Crippen LogP contribution in [0.25, 0.3) is 11.0 Å². The number of imidazole rings is 1. The summed E-state index contributed by atoms with van der Waals surface area (Å²) in [6.45, 7) is 1.82. The fraction of sp³-hybridized carbons (Fsp3) is 0.0667. The number of H-pyrrole nitrogens is 1. The highest BCUT2D eigenvalue weighted by Crippen LogP contribution is 2.21. The average molecular weight is 304 g/mol. The molecular formula is C15H11ClFN3O. The van der Waals surface area contributed by atoms with Crippen molar-refractivity contribution in [1.29, 1.82) is 0 Å². The molecule has 0 saturated heterocycles. The van der Waals surface area contributed by atoms with Gasteiger partial charge in [0, 0.05) is 5.69 Å². The molecule has 1 heterocycles. The van der Waals surface area contributed by atoms with Crippen LogP contribution in [0, 0.1) is 12.7 Å². The Morgan fingerprint density at radius 1 is 1.33 bits per heavy atom. The SMILES string of the molecule is Cc1nc2c(C(=O)Nc3ccc(F)c(Cl)c3)cccc2[nH]1. The molecule has 6 heteroatoms. The molecule has 1 amide bonds. The second-order valence-corrected chi connectivity index (χ2v) is 5.01. The lowest BCUT2D eigenvalue weighted by atomic mass is 10.1. The number of nitrogens with zero attached hydrogens (tertiary/aromatic N) is 1. The van der Waals surface area contributed by atoms with Crippen molar-refractivity contribution in [2.45, 2.75) is 6.92 Å². The molecule has 0 fully saturated rings. The summed E-state index contributed by atoms with van der Waals surface area (Å²) < 4.78 is 13.1. The third-order valence-electron chi connectivity index (χ3n) is 3.05. The van der Waals surface area contributed by atoms with Gasteiger partial charge in [-0.25, -0.2) is 9.37 Å². The predicted octanol–water partition coefficient (Wildman–Crippen LogP) is 3.92. The third kappa shape index (κ3) is 2.60. The number of aromatic amines is 1. The number of carbonyl (C=O) groups is 1. The summed E-state index contributed by atoms with van der Waals surface area (Å²) in [6, 6.07) is 9.33. The highest BCUT2D eigenvalue weighted by molar-refractivity contribution is 6.31. The van der Waals surface area contributed by atoms with Crippen molar-refractivity contribution < 1.29 is 9.18 Å². The highest BCUT2D eigenvalue weighted by Gasteiger charge is 2.13. The molecular weight excluding hydrogens is 293 g/mol. The van der Waals surface area contributed by atoms with Crippen LogP contribution in [-0.2, 0) is 0 Å². The van der Waals surface area contributed by atoms with Gasteiger partial charge in [-0.3, -0.25) is 4.79 Å². The summed E-state index contributed by atoms with van der Waals surface area (Å²) in [6.07, 6.45) is 0. The van der Waals surface area contributed by atoms with Gasteiger partial charge in [-0.2, -0.15) is 0 Å². The highest BCUT2D eigenvalue weighted by atomic mass is 35.5. The summed E-state index contributed by atoms with van der Waals surface area (Å²) >= 11 is 5.70. The molecule has 2 N–H and O–H groups in total. The Kier molecular flexibility index (Phi) is 3.35. The van der Waals surface area contributed by atoms with E-state index in [-0.39, 0.29) is 10.9 Å². The molecule has 0 bridgehead atoms. The fourth-order valence-electron chi connectivity index (χ4n) is 2.11. The minimum absolute atomic E-state index is 0.0402. The van der Waals surface area contributed by atoms with Crippen LogP contribution in [-0.4, -0.2) is 15.9 Å². The van der Waals surface area contributed by atoms with Crippen LogP contribution >= 0.6 is 11.6 Å². The lowest BCUT2D eigenvalue weighted by Crippen LogP contribution is -2.12. The lowest BCUT2D eigenvalue weighted by molar-refractivity contribution is 0.102. The molecule has 1 aromatic heterocycles. The normalized spacial score (nSPS) is 10.8. The smallest absolute Gasteiger partial charge is 0.257 e. The molecule has 0 atom stereocenters. The zero-order chi connectivity index (χ0) is 15.0. The quantitative estimate of drug-likeness (QED) is 0.754. The number of para-hydroxylation sites is 1. The molecule has 0 unspecified atom stereocenters. The zero-order valence-electron chi connectivity index (χ0n) is 11.1. The number of nitrogens with one attached hydrogen (secondary N) is 2. The maximum absolute atomic E-state index is 13.1. The summed E-state index contributed by atoms with van der Waals surface area (Å²) in [5.41, 5.74) is 2.26. The molecule has 0 radical (unpaired) electrons. The predicted molar refractivity (Wildman–Crippen MR) is 80.2 cm³/mol. The van der Waals surface area contributed by atoms with Crippen LogP contribution in [0.1, 0.15) is 16.2 Å². The second kappa shape index (κ2) is 5.18. The van der Waals surface area contributed by atoms with E-state index in [1.807, 2.05) is 13.0 Å². The Hall–Kier alpha value is -2.40. The van der Waals surface area contributed by atoms with Crippen molar-refractivity contribution in [2.75, 3.05) is 5.32 Å². The summed E-state index contributed by atoms with van der Waals surface area (Å²) in [5.74, 6) is -0.121. The van der Waals surface area contributed by atoms with Crippen molar-refractivity contribution in [2.24, 2.45) is 0 Å². The van der Waals surface area contributed by atoms with Gasteiger partial charge >= 0.3 is 0 Å². The van der Waals surface area contributed by atoms with Crippen molar-refractivity contribution >= 4 is 34.2 Å². The van der Waals surface area contributed by atoms with E-state index in [4.69, 9.17) is 11.6 Å². The van der Waals surface area contributed by atoms with Gasteiger partial charge in [0.05, 0.1) is 16.1 Å². The first-order valence-corrected chi connectivity index (χ1v) is 6.64. The number of rotatable bonds is 2. The van der Waals surface area contributed by atoms with Crippen LogP contribution in [0.4, 0.5) is 10.1 Å². The largest absolute Gasteiger partial charge is 0.342 e. The van der Waals surface area contributed by atoms with Crippen molar-refractivity contribution in [3.63, 3.8) is 0 Å². The number of hydrogen-bond acceptors (Lipinski definition) is 2. The molecule has 0 aliphatic rings. The molecule has 106 valence electrons. The first-order chi connectivity index (χ1) is 10.0. The van der Waals surface area contributed by atoms with Crippen molar-refractivity contribution in [3.8, 4) is 0 Å². The van der Waals surface area contributed by atoms with Crippen molar-refractivity contribution in [1.82, 2.24) is 9.97 Å². The molecule has 0 saturated carbocycles. The summed E-state index contributed by atoms with van der Waals surface area (Å²) in [7, 11) is 0. The first kappa shape index (κ1) is 13.6. The minimum atomic E-state index is -0.528. The monoisotopic (exact) mass is 303 g/mol. The van der Waals surface area contributed by atoms with E-state index in [0.29, 0.717) is 16.8 Å². The number of amides is 1. The number of carbonyl (C=O) groups excluding carboxylic acids is 1. The van der Waals surface area contributed by atoms with Crippen LogP contribution in [0.3, 0.4) is 0 Å². The Labute approximate surface area is 125 Å². The van der Waals surface area contributed by atoms with Crippen molar-refractivity contribution in [3.05, 3.63) is 58.6 Å². The number of aryl methyl sites for hydroxylation is 1. The number of aromatic nitrogens is 2. The van der Waals surface area contributed by atoms with E-state index >= 15 is 0 Å². The molecule has 21 heavy (non-hydrogen) atoms. The second-order valence-electron chi connectivity index (χ2n) is 4.61. The van der Waals surface area contributed by atoms with E-state index in [0.717, 1.165) is 11.3 Å². The molecule has 0 aliphatic heterocycles. The van der Waals surface area contributed by atoms with Crippen LogP contribution in [0.2, 0.25) is 5.02 Å². The molecule has 2 aromatic carbocycles. The maximum atomic E-state index is 13.1. The molecule has 3 rings (SSSR count). The zero-order valence-corrected chi connectivity index (χ0v) is 11.8. The van der Waals surface area contributed by atoms with Gasteiger partial charge in [-0.1, -0.05) is 17.7 Å². The first-order valence-electron chi connectivity index (χ1n) is 6.26. The third-order valence-corrected chi connectivity index (χ3v) is 3.34. The van der Waals surface area contributed by atoms with E-state index in [2.05, 4.69) is 15.3 Å². The number of anilines is 1. The van der Waals surface area contributed by atoms with E-state index in [9.17, 15) is 9.18 Å². The molecule has 4 nitrogen and oxygen atoms in total. The number of benzene rings is 2. The molecule has 3 aromatic rings. The van der Waals surface area contributed by atoms with Gasteiger partial charge < -0.3 is 10.3 Å². The van der Waals surface area contributed by atoms with Gasteiger partial charge in [0.1, 0.15) is 17.2 Å². The topological polar surface area (TPSA) is 57.8 Å². The summed E-state index contributed by atoms with van der Waals surface area (Å²) in [5, 5.41) is 2.64. The van der Waals surface area contributed by atoms with Crippen LogP contribution in [0.5, 0.6) is 0 Å². The van der Waals surface area contributed by atoms with Gasteiger partial charge in [0.2, 0.25) is 0 Å². The van der Waals surface area contributed by atoms with E-state index < -0.39 is 5.82 Å². The lowest BCUT2D eigenvalue weighted by Gasteiger charge is -2.06. The van der Waals surface area contributed by atoms with Gasteiger partial charge in [0.15, 0.2) is 0 Å². The minimum Gasteiger partial charge on any atom is -0.342 e. The summed E-state index contributed by atoms with van der Waals surface area (Å²) in [4.78, 5) is 19.7. The van der Waals surface area contributed by atoms with Gasteiger partial charge in [-0.15, -0.1) is 0 Å². The average Bonchev–Trinajstić information content (AvgIpc) is 2.82. The maximum Gasteiger partial charge on any atom is 0.257 e. The Morgan fingerprint density at radius 2 is 2.14 bits per heavy atom. The number of fused-ring (bicyclic) bond motifs is 1. The van der Waals surface area contributed by atoms with Gasteiger partial charge in [-0.05, 0) is 37.3 Å². The van der Waals surface area contributed by atoms with Crippen LogP contribution < -0.4 is 5.32 Å². The molecule has 0 spiro atoms. The number of halogens is 2. The Bertz CT molecular complexity index is 844. The number of hydrogen-bond donors (Lipinski definition) is 2. The van der Waals surface area contributed by atoms with E-state index in [1.54, 1.807) is 12.1 Å². The van der Waals surface area contributed by atoms with E-state index in [1.165, 1.54) is 18.2 Å². The van der Waals surface area contributed by atoms with Crippen LogP contribution in [0.15, 0.2) is 36.4 Å². The Morgan fingerprint density at radius 3 is 2.90 bits per heavy atom. The Balaban J connectivity index is 1.95. The standard InChI is InChI=1S/C15H11ClFN3O/c1-8-18-13-4-2-3-10(14(13)19-8)15(21)20-9-5-6-12(17)11(16)7-9/h2-7H,1H3,(H,18,19)(H,20,21). The van der Waals surface area contributed by atoms with Gasteiger partial charge in [0.25, 0.3) is 5.91 Å². The molecule has 0 aliphatic carbocycles. The fourth-order valence-corrected chi connectivity index (χ4v) is 2.29.